The Bertz CT molecular complexity index is 1710. The average Bonchev–Trinajstić information content (AvgIpc) is 3.52. The van der Waals surface area contributed by atoms with Crippen LogP contribution >= 0.6 is 11.6 Å². The second kappa shape index (κ2) is 16.7. The summed E-state index contributed by atoms with van der Waals surface area (Å²) in [6.07, 6.45) is 4.87. The number of carboxylic acid groups (broad SMARTS) is 2. The van der Waals surface area contributed by atoms with Crippen molar-refractivity contribution in [1.82, 2.24) is 14.9 Å². The van der Waals surface area contributed by atoms with Crippen LogP contribution in [0.2, 0.25) is 5.02 Å². The quantitative estimate of drug-likeness (QED) is 0.139. The van der Waals surface area contributed by atoms with Gasteiger partial charge in [-0.15, -0.1) is 0 Å². The van der Waals surface area contributed by atoms with E-state index in [1.165, 1.54) is 18.2 Å². The van der Waals surface area contributed by atoms with Gasteiger partial charge in [0.25, 0.3) is 0 Å². The average molecular weight is 700 g/mol. The molecule has 1 fully saturated rings. The van der Waals surface area contributed by atoms with Crippen LogP contribution in [0.3, 0.4) is 0 Å². The van der Waals surface area contributed by atoms with Crippen molar-refractivity contribution in [3.05, 3.63) is 77.7 Å². The number of amides is 1. The highest BCUT2D eigenvalue weighted by atomic mass is 35.5. The van der Waals surface area contributed by atoms with Crippen LogP contribution in [0, 0.1) is 5.82 Å². The Kier molecular flexibility index (Phi) is 13.0. The van der Waals surface area contributed by atoms with Gasteiger partial charge in [0.2, 0.25) is 11.9 Å². The molecule has 0 bridgehead atoms. The number of rotatable bonds is 12. The third-order valence-corrected chi connectivity index (χ3v) is 7.54. The van der Waals surface area contributed by atoms with Crippen molar-refractivity contribution < 1.29 is 38.8 Å². The van der Waals surface area contributed by atoms with E-state index in [2.05, 4.69) is 56.4 Å². The van der Waals surface area contributed by atoms with Crippen molar-refractivity contribution in [3.63, 3.8) is 0 Å². The molecule has 4 rings (SSSR count). The lowest BCUT2D eigenvalue weighted by Crippen LogP contribution is -2.31. The minimum absolute atomic E-state index is 0.0956. The normalized spacial score (nSPS) is 14.2. The van der Waals surface area contributed by atoms with Crippen molar-refractivity contribution in [2.45, 2.75) is 31.9 Å². The first kappa shape index (κ1) is 38.2. The molecule has 1 amide bonds. The van der Waals surface area contributed by atoms with Gasteiger partial charge in [-0.3, -0.25) is 4.79 Å². The summed E-state index contributed by atoms with van der Waals surface area (Å²) in [5.41, 5.74) is 1.30. The first-order valence-electron chi connectivity index (χ1n) is 14.8. The van der Waals surface area contributed by atoms with Gasteiger partial charge in [0, 0.05) is 54.8 Å². The number of methoxy groups -OCH3 is 1. The SMILES string of the molecule is C=CC(=O)Nc1cc(Nc2nccc(Nc3cc(Cl)c(F)cc3C(C)(C)O)n2)c(OC)cc1N1CC[C@@H](N(C)C)C1.O=C(O)/C=C/C(=O)O. The van der Waals surface area contributed by atoms with Crippen LogP contribution in [0.1, 0.15) is 25.8 Å². The molecule has 1 aromatic heterocycles. The lowest BCUT2D eigenvalue weighted by molar-refractivity contribution is -0.134. The number of nitrogens with zero attached hydrogens (tertiary/aromatic N) is 4. The van der Waals surface area contributed by atoms with E-state index in [0.717, 1.165) is 25.2 Å². The fourth-order valence-corrected chi connectivity index (χ4v) is 4.97. The zero-order chi connectivity index (χ0) is 36.5. The second-order valence-electron chi connectivity index (χ2n) is 11.5. The van der Waals surface area contributed by atoms with Crippen molar-refractivity contribution in [2.75, 3.05) is 55.1 Å². The molecular weight excluding hydrogens is 661 g/mol. The second-order valence-corrected chi connectivity index (χ2v) is 11.9. The van der Waals surface area contributed by atoms with Crippen LogP contribution in [0.4, 0.5) is 38.9 Å². The van der Waals surface area contributed by atoms with Crippen LogP contribution in [0.5, 0.6) is 5.75 Å². The van der Waals surface area contributed by atoms with Crippen LogP contribution in [-0.4, -0.2) is 88.4 Å². The monoisotopic (exact) mass is 699 g/mol. The molecular formula is C33H39ClFN7O7. The number of likely N-dealkylation sites (N-methyl/N-ethyl adjacent to an activating group) is 1. The molecule has 14 nitrogen and oxygen atoms in total. The summed E-state index contributed by atoms with van der Waals surface area (Å²) in [5.74, 6) is -2.36. The van der Waals surface area contributed by atoms with Crippen LogP contribution in [0.15, 0.2) is 61.3 Å². The standard InChI is InChI=1S/C29H35ClFN7O3.C4H4O4/c1-7-27(39)34-22-14-23(25(41-6)15-24(22)38-11-9-17(16-38)37(4)5)35-28-32-10-8-26(36-28)33-21-13-19(30)20(31)12-18(21)29(2,3)40;5-3(6)1-2-4(7)8/h7-8,10,12-15,17,40H,1,9,11,16H2,2-6H3,(H,34,39)(H2,32,33,35,36);1-2H,(H,5,6)(H,7,8)/b;2-1+/t17-;/m1./s1. The van der Waals surface area contributed by atoms with E-state index >= 15 is 0 Å². The maximum Gasteiger partial charge on any atom is 0.328 e. The Morgan fingerprint density at radius 1 is 1.10 bits per heavy atom. The van der Waals surface area contributed by atoms with Gasteiger partial charge in [-0.25, -0.2) is 19.0 Å². The molecule has 16 heteroatoms. The zero-order valence-corrected chi connectivity index (χ0v) is 28.4. The minimum Gasteiger partial charge on any atom is -0.494 e. The highest BCUT2D eigenvalue weighted by Crippen LogP contribution is 2.40. The third kappa shape index (κ3) is 10.9. The molecule has 262 valence electrons. The van der Waals surface area contributed by atoms with Gasteiger partial charge >= 0.3 is 11.9 Å². The van der Waals surface area contributed by atoms with Crippen molar-refractivity contribution >= 4 is 64.0 Å². The molecule has 0 radical (unpaired) electrons. The van der Waals surface area contributed by atoms with E-state index in [9.17, 15) is 23.9 Å². The highest BCUT2D eigenvalue weighted by molar-refractivity contribution is 6.31. The van der Waals surface area contributed by atoms with Crippen LogP contribution < -0.4 is 25.6 Å². The Hall–Kier alpha value is -5.25. The summed E-state index contributed by atoms with van der Waals surface area (Å²) in [7, 11) is 5.68. The molecule has 1 aliphatic heterocycles. The van der Waals surface area contributed by atoms with E-state index in [1.54, 1.807) is 39.3 Å². The van der Waals surface area contributed by atoms with Crippen molar-refractivity contribution in [1.29, 1.82) is 0 Å². The molecule has 2 heterocycles. The number of aliphatic carboxylic acids is 2. The topological polar surface area (TPSA) is 189 Å². The van der Waals surface area contributed by atoms with E-state index in [-0.39, 0.29) is 16.9 Å². The number of ether oxygens (including phenoxy) is 1. The number of hydrogen-bond acceptors (Lipinski definition) is 11. The maximum absolute atomic E-state index is 14.2. The molecule has 0 saturated carbocycles. The molecule has 0 spiro atoms. The first-order valence-corrected chi connectivity index (χ1v) is 15.2. The molecule has 6 N–H and O–H groups in total. The Balaban J connectivity index is 0.000000723. The number of aliphatic hydroxyl groups is 1. The third-order valence-electron chi connectivity index (χ3n) is 7.25. The summed E-state index contributed by atoms with van der Waals surface area (Å²) in [6.45, 7) is 8.30. The van der Waals surface area contributed by atoms with E-state index in [0.29, 0.717) is 52.4 Å². The summed E-state index contributed by atoms with van der Waals surface area (Å²) in [5, 5.41) is 35.3. The number of hydrogen-bond donors (Lipinski definition) is 6. The molecule has 1 aliphatic rings. The largest absolute Gasteiger partial charge is 0.494 e. The predicted octanol–water partition coefficient (Wildman–Crippen LogP) is 4.97. The van der Waals surface area contributed by atoms with E-state index < -0.39 is 23.4 Å². The summed E-state index contributed by atoms with van der Waals surface area (Å²) in [4.78, 5) is 44.7. The van der Waals surface area contributed by atoms with Gasteiger partial charge in [0.1, 0.15) is 17.4 Å². The Labute approximate surface area is 287 Å². The van der Waals surface area contributed by atoms with Crippen molar-refractivity contribution in [3.8, 4) is 5.75 Å². The van der Waals surface area contributed by atoms with Gasteiger partial charge < -0.3 is 45.8 Å². The number of carbonyl (C=O) groups is 3. The minimum atomic E-state index is -1.34. The lowest BCUT2D eigenvalue weighted by Gasteiger charge is -2.25. The fraction of sp³-hybridized carbons (Fsp3) is 0.303. The maximum atomic E-state index is 14.2. The van der Waals surface area contributed by atoms with Gasteiger partial charge in [-0.05, 0) is 64.7 Å². The van der Waals surface area contributed by atoms with Gasteiger partial charge in [0.15, 0.2) is 0 Å². The zero-order valence-electron chi connectivity index (χ0n) is 27.6. The summed E-state index contributed by atoms with van der Waals surface area (Å²) < 4.78 is 19.9. The molecule has 3 aromatic rings. The number of carboxylic acids is 2. The summed E-state index contributed by atoms with van der Waals surface area (Å²) >= 11 is 6.02. The highest BCUT2D eigenvalue weighted by Gasteiger charge is 2.27. The predicted molar refractivity (Wildman–Crippen MR) is 186 cm³/mol. The molecule has 2 aromatic carbocycles. The van der Waals surface area contributed by atoms with Gasteiger partial charge in [-0.1, -0.05) is 18.2 Å². The number of anilines is 6. The number of aromatic nitrogens is 2. The molecule has 1 atom stereocenters. The smallest absolute Gasteiger partial charge is 0.328 e. The molecule has 0 unspecified atom stereocenters. The van der Waals surface area contributed by atoms with Crippen LogP contribution in [-0.2, 0) is 20.0 Å². The molecule has 0 aliphatic carbocycles. The first-order chi connectivity index (χ1) is 23.0. The van der Waals surface area contributed by atoms with Gasteiger partial charge in [-0.2, -0.15) is 4.98 Å². The Morgan fingerprint density at radius 2 is 1.78 bits per heavy atom. The number of nitrogens with one attached hydrogen (secondary N) is 3. The number of carbonyl (C=O) groups excluding carboxylic acids is 1. The van der Waals surface area contributed by atoms with Gasteiger partial charge in [0.05, 0.1) is 34.8 Å². The number of benzene rings is 2. The number of halogens is 2. The molecule has 1 saturated heterocycles. The van der Waals surface area contributed by atoms with E-state index in [1.807, 2.05) is 6.07 Å². The molecule has 49 heavy (non-hydrogen) atoms. The fourth-order valence-electron chi connectivity index (χ4n) is 4.81. The Morgan fingerprint density at radius 3 is 2.33 bits per heavy atom. The van der Waals surface area contributed by atoms with Crippen LogP contribution in [0.25, 0.3) is 0 Å². The lowest BCUT2D eigenvalue weighted by atomic mass is 9.96. The van der Waals surface area contributed by atoms with E-state index in [4.69, 9.17) is 26.6 Å². The van der Waals surface area contributed by atoms with Crippen molar-refractivity contribution in [2.24, 2.45) is 0 Å². The summed E-state index contributed by atoms with van der Waals surface area (Å²) in [6, 6.07) is 8.25.